The summed E-state index contributed by atoms with van der Waals surface area (Å²) >= 11 is 0. The predicted molar refractivity (Wildman–Crippen MR) is 58.8 cm³/mol. The fourth-order valence-corrected chi connectivity index (χ4v) is 3.88. The van der Waals surface area contributed by atoms with Gasteiger partial charge in [-0.1, -0.05) is 0 Å². The van der Waals surface area contributed by atoms with Crippen LogP contribution < -0.4 is 0 Å². The molecule has 4 saturated carbocycles. The van der Waals surface area contributed by atoms with Gasteiger partial charge in [0.05, 0.1) is 17.1 Å². The predicted octanol–water partition coefficient (Wildman–Crippen LogP) is 2.14. The van der Waals surface area contributed by atoms with Gasteiger partial charge in [0.1, 0.15) is 0 Å². The van der Waals surface area contributed by atoms with Gasteiger partial charge in [0.15, 0.2) is 0 Å². The second kappa shape index (κ2) is 3.00. The van der Waals surface area contributed by atoms with Crippen LogP contribution in [-0.2, 0) is 14.3 Å². The van der Waals surface area contributed by atoms with Gasteiger partial charge in [0, 0.05) is 13.0 Å². The van der Waals surface area contributed by atoms with Crippen LogP contribution in [-0.4, -0.2) is 24.8 Å². The summed E-state index contributed by atoms with van der Waals surface area (Å²) in [6, 6.07) is 0. The Balaban J connectivity index is 1.74. The number of carbonyl (C=O) groups excluding carboxylic acids is 1. The number of ether oxygens (including phenoxy) is 2. The molecule has 0 saturated heterocycles. The molecule has 90 valence electrons. The molecule has 0 spiro atoms. The number of rotatable bonds is 4. The molecule has 0 aromatic carbocycles. The lowest BCUT2D eigenvalue weighted by molar-refractivity contribution is -0.331. The molecule has 4 fully saturated rings. The molecular weight excluding hydrogens is 204 g/mol. The summed E-state index contributed by atoms with van der Waals surface area (Å²) in [6.45, 7) is 3.84. The van der Waals surface area contributed by atoms with E-state index in [2.05, 4.69) is 0 Å². The van der Waals surface area contributed by atoms with Crippen LogP contribution in [0, 0.1) is 17.3 Å². The summed E-state index contributed by atoms with van der Waals surface area (Å²) in [5.74, 6) is 1.21. The van der Waals surface area contributed by atoms with Gasteiger partial charge in [-0.05, 0) is 45.4 Å². The maximum absolute atomic E-state index is 12.1. The highest BCUT2D eigenvalue weighted by molar-refractivity contribution is 5.83. The van der Waals surface area contributed by atoms with Gasteiger partial charge in [-0.25, -0.2) is 0 Å². The third-order valence-corrected chi connectivity index (χ3v) is 4.64. The van der Waals surface area contributed by atoms with Crippen molar-refractivity contribution in [3.8, 4) is 0 Å². The summed E-state index contributed by atoms with van der Waals surface area (Å²) in [4.78, 5) is 12.1. The Kier molecular flexibility index (Phi) is 1.99. The van der Waals surface area contributed by atoms with Gasteiger partial charge in [-0.15, -0.1) is 0 Å². The van der Waals surface area contributed by atoms with E-state index in [9.17, 15) is 4.79 Å². The van der Waals surface area contributed by atoms with Crippen molar-refractivity contribution >= 4 is 5.97 Å². The maximum Gasteiger partial charge on any atom is 0.312 e. The highest BCUT2D eigenvalue weighted by Gasteiger charge is 2.82. The van der Waals surface area contributed by atoms with E-state index in [4.69, 9.17) is 9.47 Å². The van der Waals surface area contributed by atoms with Crippen molar-refractivity contribution in [1.82, 2.24) is 0 Å². The second-order valence-corrected chi connectivity index (χ2v) is 6.05. The standard InChI is InChI=1S/C13H20O3/c1-8(2)16-11(14)12-6-13(7-12,15-3)10(12)9-4-5-9/h8-10H,4-7H2,1-3H3/t10-,12?,13?/m0/s1. The number of esters is 1. The van der Waals surface area contributed by atoms with E-state index in [1.807, 2.05) is 13.8 Å². The molecule has 0 aromatic rings. The van der Waals surface area contributed by atoms with Crippen LogP contribution in [0.25, 0.3) is 0 Å². The third kappa shape index (κ3) is 1.10. The van der Waals surface area contributed by atoms with Crippen molar-refractivity contribution in [2.24, 2.45) is 17.3 Å². The van der Waals surface area contributed by atoms with Crippen molar-refractivity contribution in [3.63, 3.8) is 0 Å². The minimum absolute atomic E-state index is 0.000118. The van der Waals surface area contributed by atoms with Crippen LogP contribution in [0.4, 0.5) is 0 Å². The molecule has 0 amide bonds. The van der Waals surface area contributed by atoms with Crippen molar-refractivity contribution in [2.75, 3.05) is 7.11 Å². The molecule has 0 radical (unpaired) electrons. The van der Waals surface area contributed by atoms with Crippen molar-refractivity contribution in [1.29, 1.82) is 0 Å². The first-order valence-electron chi connectivity index (χ1n) is 6.30. The lowest BCUT2D eigenvalue weighted by Gasteiger charge is -2.73. The highest BCUT2D eigenvalue weighted by atomic mass is 16.5. The minimum atomic E-state index is -0.165. The Morgan fingerprint density at radius 2 is 1.94 bits per heavy atom. The summed E-state index contributed by atoms with van der Waals surface area (Å²) in [6.07, 6.45) is 4.32. The van der Waals surface area contributed by atoms with Gasteiger partial charge in [0.25, 0.3) is 0 Å². The van der Waals surface area contributed by atoms with Gasteiger partial charge < -0.3 is 9.47 Å². The van der Waals surface area contributed by atoms with Crippen LogP contribution >= 0.6 is 0 Å². The number of methoxy groups -OCH3 is 1. The van der Waals surface area contributed by atoms with E-state index in [0.717, 1.165) is 18.8 Å². The fourth-order valence-electron chi connectivity index (χ4n) is 3.88. The summed E-state index contributed by atoms with van der Waals surface area (Å²) in [7, 11) is 1.78. The summed E-state index contributed by atoms with van der Waals surface area (Å²) in [5.41, 5.74) is -0.126. The van der Waals surface area contributed by atoms with E-state index in [1.165, 1.54) is 12.8 Å². The topological polar surface area (TPSA) is 35.5 Å². The van der Waals surface area contributed by atoms with Gasteiger partial charge in [0.2, 0.25) is 0 Å². The Bertz CT molecular complexity index is 324. The molecule has 0 aromatic heterocycles. The molecule has 3 nitrogen and oxygen atoms in total. The van der Waals surface area contributed by atoms with Crippen molar-refractivity contribution < 1.29 is 14.3 Å². The summed E-state index contributed by atoms with van der Waals surface area (Å²) in [5, 5.41) is 0. The summed E-state index contributed by atoms with van der Waals surface area (Å²) < 4.78 is 11.0. The van der Waals surface area contributed by atoms with E-state index in [-0.39, 0.29) is 23.1 Å². The lowest BCUT2D eigenvalue weighted by atomic mass is 9.33. The molecule has 4 aliphatic carbocycles. The van der Waals surface area contributed by atoms with Crippen LogP contribution in [0.15, 0.2) is 0 Å². The first-order chi connectivity index (χ1) is 7.54. The number of hydrogen-bond acceptors (Lipinski definition) is 3. The molecule has 16 heavy (non-hydrogen) atoms. The van der Waals surface area contributed by atoms with Gasteiger partial charge in [-0.3, -0.25) is 4.79 Å². The minimum Gasteiger partial charge on any atom is -0.463 e. The van der Waals surface area contributed by atoms with Gasteiger partial charge in [-0.2, -0.15) is 0 Å². The Labute approximate surface area is 96.5 Å². The zero-order valence-corrected chi connectivity index (χ0v) is 10.3. The van der Waals surface area contributed by atoms with Crippen molar-refractivity contribution in [3.05, 3.63) is 0 Å². The molecular formula is C13H20O3. The molecule has 4 aliphatic rings. The smallest absolute Gasteiger partial charge is 0.312 e. The normalized spacial score (nSPS) is 44.9. The highest BCUT2D eigenvalue weighted by Crippen LogP contribution is 2.78. The van der Waals surface area contributed by atoms with Crippen LogP contribution in [0.2, 0.25) is 0 Å². The lowest BCUT2D eigenvalue weighted by Crippen LogP contribution is -2.79. The Morgan fingerprint density at radius 1 is 1.31 bits per heavy atom. The SMILES string of the molecule is COC12CC(C(=O)OC(C)C)(C1)[C@@H]2C1CC1. The van der Waals surface area contributed by atoms with Crippen LogP contribution in [0.1, 0.15) is 39.5 Å². The number of hydrogen-bond donors (Lipinski definition) is 0. The monoisotopic (exact) mass is 224 g/mol. The first-order valence-corrected chi connectivity index (χ1v) is 6.30. The molecule has 0 N–H and O–H groups in total. The average Bonchev–Trinajstić information content (AvgIpc) is 2.84. The molecule has 0 aliphatic heterocycles. The zero-order chi connectivity index (χ0) is 11.6. The van der Waals surface area contributed by atoms with Crippen LogP contribution in [0.5, 0.6) is 0 Å². The number of carbonyl (C=O) groups is 1. The molecule has 3 heteroatoms. The quantitative estimate of drug-likeness (QED) is 0.686. The van der Waals surface area contributed by atoms with Crippen LogP contribution in [0.3, 0.4) is 0 Å². The van der Waals surface area contributed by atoms with Crippen molar-refractivity contribution in [2.45, 2.75) is 51.2 Å². The third-order valence-electron chi connectivity index (χ3n) is 4.64. The van der Waals surface area contributed by atoms with Gasteiger partial charge >= 0.3 is 5.97 Å². The molecule has 0 unspecified atom stereocenters. The molecule has 0 heterocycles. The molecule has 2 bridgehead atoms. The second-order valence-electron chi connectivity index (χ2n) is 6.05. The zero-order valence-electron chi connectivity index (χ0n) is 10.3. The molecule has 1 atom stereocenters. The average molecular weight is 224 g/mol. The maximum atomic E-state index is 12.1. The van der Waals surface area contributed by atoms with E-state index < -0.39 is 0 Å². The largest absolute Gasteiger partial charge is 0.463 e. The Hall–Kier alpha value is -0.570. The fraction of sp³-hybridized carbons (Fsp3) is 0.923. The van der Waals surface area contributed by atoms with E-state index in [0.29, 0.717) is 5.92 Å². The Morgan fingerprint density at radius 3 is 2.38 bits per heavy atom. The molecule has 4 rings (SSSR count). The van der Waals surface area contributed by atoms with E-state index >= 15 is 0 Å². The first kappa shape index (κ1) is 10.6. The van der Waals surface area contributed by atoms with E-state index in [1.54, 1.807) is 7.11 Å².